The molecule has 0 aliphatic rings. The van der Waals surface area contributed by atoms with E-state index in [2.05, 4.69) is 14.8 Å². The summed E-state index contributed by atoms with van der Waals surface area (Å²) < 4.78 is 6.19. The standard InChI is InChI=1S/C16H19ClN4O3/c1-10(2)20(9-14(22)24-4)16(23)15-18-11(3)21(19-15)13-7-5-12(17)6-8-13/h5-8,10H,9H2,1-4H3. The summed E-state index contributed by atoms with van der Waals surface area (Å²) in [6.07, 6.45) is 0. The number of rotatable bonds is 5. The van der Waals surface area contributed by atoms with E-state index in [0.29, 0.717) is 10.8 Å². The number of nitrogens with zero attached hydrogens (tertiary/aromatic N) is 4. The first-order valence-corrected chi connectivity index (χ1v) is 7.78. The van der Waals surface area contributed by atoms with Gasteiger partial charge in [0.05, 0.1) is 12.8 Å². The van der Waals surface area contributed by atoms with Crippen molar-refractivity contribution in [1.82, 2.24) is 19.7 Å². The van der Waals surface area contributed by atoms with E-state index in [-0.39, 0.29) is 18.4 Å². The molecule has 0 bridgehead atoms. The summed E-state index contributed by atoms with van der Waals surface area (Å²) >= 11 is 5.88. The van der Waals surface area contributed by atoms with Crippen LogP contribution in [0.2, 0.25) is 5.02 Å². The summed E-state index contributed by atoms with van der Waals surface area (Å²) in [6, 6.07) is 6.84. The van der Waals surface area contributed by atoms with Gasteiger partial charge in [-0.1, -0.05) is 11.6 Å². The van der Waals surface area contributed by atoms with E-state index < -0.39 is 11.9 Å². The summed E-state index contributed by atoms with van der Waals surface area (Å²) in [5.74, 6) is -0.334. The van der Waals surface area contributed by atoms with Crippen LogP contribution in [0.1, 0.15) is 30.3 Å². The number of amides is 1. The Bertz CT molecular complexity index is 740. The van der Waals surface area contributed by atoms with Crippen molar-refractivity contribution in [1.29, 1.82) is 0 Å². The third-order valence-electron chi connectivity index (χ3n) is 3.44. The second kappa shape index (κ2) is 7.44. The smallest absolute Gasteiger partial charge is 0.325 e. The normalized spacial score (nSPS) is 10.8. The Kier molecular flexibility index (Phi) is 5.56. The Morgan fingerprint density at radius 3 is 2.46 bits per heavy atom. The lowest BCUT2D eigenvalue weighted by Gasteiger charge is -2.23. The van der Waals surface area contributed by atoms with Crippen molar-refractivity contribution in [2.24, 2.45) is 0 Å². The van der Waals surface area contributed by atoms with E-state index in [1.54, 1.807) is 35.9 Å². The number of benzene rings is 1. The number of esters is 1. The number of carbonyl (C=O) groups is 2. The molecule has 1 amide bonds. The fraction of sp³-hybridized carbons (Fsp3) is 0.375. The lowest BCUT2D eigenvalue weighted by atomic mass is 10.3. The molecular formula is C16H19ClN4O3. The van der Waals surface area contributed by atoms with Crippen LogP contribution in [0.4, 0.5) is 0 Å². The highest BCUT2D eigenvalue weighted by Gasteiger charge is 2.26. The van der Waals surface area contributed by atoms with Gasteiger partial charge in [-0.25, -0.2) is 9.67 Å². The van der Waals surface area contributed by atoms with Crippen LogP contribution < -0.4 is 0 Å². The first kappa shape index (κ1) is 17.9. The number of halogens is 1. The van der Waals surface area contributed by atoms with Gasteiger partial charge < -0.3 is 9.64 Å². The molecule has 0 aliphatic heterocycles. The Morgan fingerprint density at radius 2 is 1.92 bits per heavy atom. The van der Waals surface area contributed by atoms with E-state index in [4.69, 9.17) is 11.6 Å². The van der Waals surface area contributed by atoms with E-state index in [1.165, 1.54) is 12.0 Å². The van der Waals surface area contributed by atoms with Crippen molar-refractivity contribution in [3.05, 3.63) is 40.9 Å². The summed E-state index contributed by atoms with van der Waals surface area (Å²) in [4.78, 5) is 29.7. The van der Waals surface area contributed by atoms with Gasteiger partial charge >= 0.3 is 5.97 Å². The molecule has 24 heavy (non-hydrogen) atoms. The van der Waals surface area contributed by atoms with Crippen LogP contribution in [0.3, 0.4) is 0 Å². The fourth-order valence-corrected chi connectivity index (χ4v) is 2.25. The van der Waals surface area contributed by atoms with Gasteiger partial charge in [-0.2, -0.15) is 0 Å². The van der Waals surface area contributed by atoms with Gasteiger partial charge in [-0.05, 0) is 45.0 Å². The lowest BCUT2D eigenvalue weighted by Crippen LogP contribution is -2.41. The predicted octanol–water partition coefficient (Wildman–Crippen LogP) is 2.25. The molecule has 0 fully saturated rings. The molecule has 0 spiro atoms. The number of aryl methyl sites for hydroxylation is 1. The van der Waals surface area contributed by atoms with Crippen LogP contribution >= 0.6 is 11.6 Å². The molecule has 0 radical (unpaired) electrons. The van der Waals surface area contributed by atoms with E-state index >= 15 is 0 Å². The van der Waals surface area contributed by atoms with Gasteiger partial charge in [0, 0.05) is 11.1 Å². The number of hydrogen-bond donors (Lipinski definition) is 0. The molecule has 0 unspecified atom stereocenters. The number of carbonyl (C=O) groups excluding carboxylic acids is 2. The third kappa shape index (κ3) is 3.91. The van der Waals surface area contributed by atoms with Gasteiger partial charge in [0.2, 0.25) is 5.82 Å². The summed E-state index contributed by atoms with van der Waals surface area (Å²) in [5, 5.41) is 4.87. The molecule has 1 aromatic heterocycles. The Hall–Kier alpha value is -2.41. The zero-order valence-electron chi connectivity index (χ0n) is 14.0. The fourth-order valence-electron chi connectivity index (χ4n) is 2.13. The molecule has 8 heteroatoms. The van der Waals surface area contributed by atoms with Crippen LogP contribution in [0.5, 0.6) is 0 Å². The van der Waals surface area contributed by atoms with Gasteiger partial charge in [0.15, 0.2) is 0 Å². The second-order valence-electron chi connectivity index (χ2n) is 5.47. The van der Waals surface area contributed by atoms with Crippen molar-refractivity contribution >= 4 is 23.5 Å². The third-order valence-corrected chi connectivity index (χ3v) is 3.69. The topological polar surface area (TPSA) is 77.3 Å². The van der Waals surface area contributed by atoms with Crippen LogP contribution in [-0.2, 0) is 9.53 Å². The van der Waals surface area contributed by atoms with Crippen LogP contribution in [0, 0.1) is 6.92 Å². The molecule has 0 aliphatic carbocycles. The number of hydrogen-bond acceptors (Lipinski definition) is 5. The van der Waals surface area contributed by atoms with Gasteiger partial charge in [0.25, 0.3) is 5.91 Å². The van der Waals surface area contributed by atoms with E-state index in [0.717, 1.165) is 5.69 Å². The van der Waals surface area contributed by atoms with Crippen molar-refractivity contribution < 1.29 is 14.3 Å². The van der Waals surface area contributed by atoms with Crippen LogP contribution in [-0.4, -0.2) is 51.2 Å². The summed E-state index contributed by atoms with van der Waals surface area (Å²) in [5.41, 5.74) is 0.743. The number of methoxy groups -OCH3 is 1. The van der Waals surface area contributed by atoms with Gasteiger partial charge in [-0.15, -0.1) is 5.10 Å². The largest absolute Gasteiger partial charge is 0.468 e. The molecule has 0 saturated carbocycles. The lowest BCUT2D eigenvalue weighted by molar-refractivity contribution is -0.141. The van der Waals surface area contributed by atoms with Gasteiger partial charge in [0.1, 0.15) is 12.4 Å². The first-order chi connectivity index (χ1) is 11.3. The van der Waals surface area contributed by atoms with Crippen LogP contribution in [0.15, 0.2) is 24.3 Å². The summed E-state index contributed by atoms with van der Waals surface area (Å²) in [7, 11) is 1.28. The average molecular weight is 351 g/mol. The molecular weight excluding hydrogens is 332 g/mol. The van der Waals surface area contributed by atoms with Crippen molar-refractivity contribution in [2.75, 3.05) is 13.7 Å². The van der Waals surface area contributed by atoms with Crippen molar-refractivity contribution in [3.8, 4) is 5.69 Å². The first-order valence-electron chi connectivity index (χ1n) is 7.41. The minimum atomic E-state index is -0.495. The maximum absolute atomic E-state index is 12.6. The highest BCUT2D eigenvalue weighted by molar-refractivity contribution is 6.30. The highest BCUT2D eigenvalue weighted by atomic mass is 35.5. The SMILES string of the molecule is COC(=O)CN(C(=O)c1nc(C)n(-c2ccc(Cl)cc2)n1)C(C)C. The van der Waals surface area contributed by atoms with Crippen molar-refractivity contribution in [3.63, 3.8) is 0 Å². The van der Waals surface area contributed by atoms with Gasteiger partial charge in [-0.3, -0.25) is 9.59 Å². The molecule has 1 heterocycles. The minimum Gasteiger partial charge on any atom is -0.468 e. The average Bonchev–Trinajstić information content (AvgIpc) is 2.94. The Labute approximate surface area is 145 Å². The monoisotopic (exact) mass is 350 g/mol. The molecule has 2 rings (SSSR count). The molecule has 2 aromatic rings. The summed E-state index contributed by atoms with van der Waals surface area (Å²) in [6.45, 7) is 5.22. The molecule has 0 N–H and O–H groups in total. The zero-order valence-corrected chi connectivity index (χ0v) is 14.7. The Morgan fingerprint density at radius 1 is 1.29 bits per heavy atom. The highest BCUT2D eigenvalue weighted by Crippen LogP contribution is 2.15. The van der Waals surface area contributed by atoms with E-state index in [1.807, 2.05) is 13.8 Å². The maximum Gasteiger partial charge on any atom is 0.325 e. The predicted molar refractivity (Wildman–Crippen MR) is 89.3 cm³/mol. The van der Waals surface area contributed by atoms with Crippen LogP contribution in [0.25, 0.3) is 5.69 Å². The molecule has 0 atom stereocenters. The zero-order chi connectivity index (χ0) is 17.9. The van der Waals surface area contributed by atoms with E-state index in [9.17, 15) is 9.59 Å². The number of ether oxygens (including phenoxy) is 1. The second-order valence-corrected chi connectivity index (χ2v) is 5.91. The Balaban J connectivity index is 2.31. The maximum atomic E-state index is 12.6. The number of aromatic nitrogens is 3. The van der Waals surface area contributed by atoms with Crippen molar-refractivity contribution in [2.45, 2.75) is 26.8 Å². The molecule has 128 valence electrons. The molecule has 7 nitrogen and oxygen atoms in total. The molecule has 0 saturated heterocycles. The minimum absolute atomic E-state index is 0.0278. The molecule has 1 aromatic carbocycles. The quantitative estimate of drug-likeness (QED) is 0.773.